The quantitative estimate of drug-likeness (QED) is 0.284. The number of aromatic nitrogens is 1. The minimum absolute atomic E-state index is 0.0523. The minimum atomic E-state index is -1.42. The van der Waals surface area contributed by atoms with E-state index in [4.69, 9.17) is 4.74 Å². The van der Waals surface area contributed by atoms with Crippen LogP contribution >= 0.6 is 0 Å². The Balaban J connectivity index is 1.99. The number of nitrogens with zero attached hydrogens (tertiary/aromatic N) is 1. The molecule has 1 aromatic heterocycles. The highest BCUT2D eigenvalue weighted by Gasteiger charge is 2.30. The minimum Gasteiger partial charge on any atom is -0.481 e. The number of methoxy groups -OCH3 is 1. The van der Waals surface area contributed by atoms with E-state index in [1.807, 2.05) is 45.9 Å². The highest BCUT2D eigenvalue weighted by Crippen LogP contribution is 2.33. The number of carbonyl (C=O) groups excluding carboxylic acids is 2. The molecule has 0 fully saturated rings. The fraction of sp³-hybridized carbons (Fsp3) is 0.355. The summed E-state index contributed by atoms with van der Waals surface area (Å²) in [7, 11) is 1.37. The van der Waals surface area contributed by atoms with Gasteiger partial charge in [-0.3, -0.25) is 14.4 Å². The first kappa shape index (κ1) is 31.2. The lowest BCUT2D eigenvalue weighted by molar-refractivity contribution is -0.137. The summed E-state index contributed by atoms with van der Waals surface area (Å²) in [5.74, 6) is -5.09. The van der Waals surface area contributed by atoms with E-state index in [0.29, 0.717) is 16.8 Å². The SMILES string of the molecule is COc1nc(C)ccc1C(=O)N[C@@H](CC(C)C)C(=O)N[C@@H](CC(=O)O)c1cc(-c2c(C)cccc2C)cc(F)c1F. The molecule has 8 nitrogen and oxygen atoms in total. The Morgan fingerprint density at radius 1 is 1.00 bits per heavy atom. The van der Waals surface area contributed by atoms with Crippen molar-refractivity contribution in [2.24, 2.45) is 5.92 Å². The van der Waals surface area contributed by atoms with Crippen molar-refractivity contribution in [3.8, 4) is 17.0 Å². The van der Waals surface area contributed by atoms with Crippen LogP contribution in [0.15, 0.2) is 42.5 Å². The standard InChI is InChI=1S/C31H35F2N3O5/c1-16(2)12-25(36-29(39)21-11-10-19(5)34-31(21)41-6)30(40)35-24(15-26(37)38)22-13-20(14-23(32)28(22)33)27-17(3)8-7-9-18(27)4/h7-11,13-14,16,24-25H,12,15H2,1-6H3,(H,35,40)(H,36,39)(H,37,38)/t24-,25-/m0/s1. The molecule has 41 heavy (non-hydrogen) atoms. The second kappa shape index (κ2) is 13.3. The van der Waals surface area contributed by atoms with Crippen molar-refractivity contribution in [3.63, 3.8) is 0 Å². The van der Waals surface area contributed by atoms with Crippen molar-refractivity contribution in [2.45, 2.75) is 59.5 Å². The van der Waals surface area contributed by atoms with Gasteiger partial charge in [-0.05, 0) is 79.6 Å². The Kier molecular flexibility index (Phi) is 10.2. The Hall–Kier alpha value is -4.34. The number of halogens is 2. The number of carbonyl (C=O) groups is 3. The molecule has 0 aliphatic carbocycles. The van der Waals surface area contributed by atoms with Gasteiger partial charge in [0, 0.05) is 11.3 Å². The van der Waals surface area contributed by atoms with E-state index in [9.17, 15) is 23.9 Å². The van der Waals surface area contributed by atoms with Gasteiger partial charge in [-0.25, -0.2) is 13.8 Å². The summed E-state index contributed by atoms with van der Waals surface area (Å²) in [4.78, 5) is 42.6. The van der Waals surface area contributed by atoms with Crippen LogP contribution in [0.2, 0.25) is 0 Å². The Morgan fingerprint density at radius 3 is 2.24 bits per heavy atom. The maximum atomic E-state index is 15.2. The molecule has 1 heterocycles. The van der Waals surface area contributed by atoms with Gasteiger partial charge in [0.2, 0.25) is 11.8 Å². The van der Waals surface area contributed by atoms with Crippen LogP contribution < -0.4 is 15.4 Å². The summed E-state index contributed by atoms with van der Waals surface area (Å²) < 4.78 is 35.3. The van der Waals surface area contributed by atoms with E-state index < -0.39 is 47.9 Å². The van der Waals surface area contributed by atoms with Gasteiger partial charge in [0.25, 0.3) is 5.91 Å². The molecule has 0 bridgehead atoms. The van der Waals surface area contributed by atoms with E-state index >= 15 is 4.39 Å². The molecule has 218 valence electrons. The molecule has 10 heteroatoms. The van der Waals surface area contributed by atoms with Gasteiger partial charge < -0.3 is 20.5 Å². The van der Waals surface area contributed by atoms with Gasteiger partial charge >= 0.3 is 5.97 Å². The summed E-state index contributed by atoms with van der Waals surface area (Å²) >= 11 is 0. The Labute approximate surface area is 238 Å². The molecule has 0 saturated heterocycles. The van der Waals surface area contributed by atoms with Gasteiger partial charge in [0.1, 0.15) is 11.6 Å². The summed E-state index contributed by atoms with van der Waals surface area (Å²) in [6, 6.07) is 8.53. The molecular formula is C31H35F2N3O5. The fourth-order valence-electron chi connectivity index (χ4n) is 4.76. The second-order valence-electron chi connectivity index (χ2n) is 10.5. The zero-order valence-corrected chi connectivity index (χ0v) is 24.0. The van der Waals surface area contributed by atoms with Crippen molar-refractivity contribution in [3.05, 3.63) is 82.0 Å². The van der Waals surface area contributed by atoms with Crippen molar-refractivity contribution >= 4 is 17.8 Å². The number of amides is 2. The van der Waals surface area contributed by atoms with Crippen molar-refractivity contribution < 1.29 is 33.0 Å². The molecule has 3 N–H and O–H groups in total. The molecule has 0 unspecified atom stereocenters. The van der Waals surface area contributed by atoms with Crippen LogP contribution in [0.4, 0.5) is 8.78 Å². The fourth-order valence-corrected chi connectivity index (χ4v) is 4.76. The molecule has 2 amide bonds. The number of carboxylic acids is 1. The number of hydrogen-bond acceptors (Lipinski definition) is 5. The van der Waals surface area contributed by atoms with Gasteiger partial charge in [0.05, 0.1) is 19.6 Å². The van der Waals surface area contributed by atoms with Crippen LogP contribution in [0, 0.1) is 38.3 Å². The third kappa shape index (κ3) is 7.65. The number of aliphatic carboxylic acids is 1. The van der Waals surface area contributed by atoms with Crippen LogP contribution in [0.1, 0.15) is 65.5 Å². The van der Waals surface area contributed by atoms with Crippen LogP contribution in [0.25, 0.3) is 11.1 Å². The summed E-state index contributed by atoms with van der Waals surface area (Å²) in [5, 5.41) is 14.8. The zero-order valence-electron chi connectivity index (χ0n) is 24.0. The second-order valence-corrected chi connectivity index (χ2v) is 10.5. The maximum Gasteiger partial charge on any atom is 0.305 e. The lowest BCUT2D eigenvalue weighted by Gasteiger charge is -2.25. The zero-order chi connectivity index (χ0) is 30.4. The summed E-state index contributed by atoms with van der Waals surface area (Å²) in [6.07, 6.45) is -0.519. The molecule has 2 aromatic carbocycles. The smallest absolute Gasteiger partial charge is 0.305 e. The number of hydrogen-bond donors (Lipinski definition) is 3. The topological polar surface area (TPSA) is 118 Å². The van der Waals surface area contributed by atoms with E-state index in [2.05, 4.69) is 15.6 Å². The van der Waals surface area contributed by atoms with Gasteiger partial charge in [-0.2, -0.15) is 0 Å². The number of pyridine rings is 1. The lowest BCUT2D eigenvalue weighted by atomic mass is 9.92. The van der Waals surface area contributed by atoms with Crippen LogP contribution in [-0.4, -0.2) is 41.0 Å². The largest absolute Gasteiger partial charge is 0.481 e. The monoisotopic (exact) mass is 567 g/mol. The summed E-state index contributed by atoms with van der Waals surface area (Å²) in [6.45, 7) is 9.09. The molecule has 3 rings (SSSR count). The average Bonchev–Trinajstić information content (AvgIpc) is 2.88. The van der Waals surface area contributed by atoms with Crippen molar-refractivity contribution in [1.29, 1.82) is 0 Å². The first-order valence-electron chi connectivity index (χ1n) is 13.2. The highest BCUT2D eigenvalue weighted by molar-refractivity contribution is 5.99. The van der Waals surface area contributed by atoms with Crippen LogP contribution in [-0.2, 0) is 9.59 Å². The number of ether oxygens (including phenoxy) is 1. The Morgan fingerprint density at radius 2 is 1.66 bits per heavy atom. The van der Waals surface area contributed by atoms with Crippen LogP contribution in [0.5, 0.6) is 5.88 Å². The number of benzene rings is 2. The molecule has 2 atom stereocenters. The predicted octanol–water partition coefficient (Wildman–Crippen LogP) is 5.44. The van der Waals surface area contributed by atoms with Gasteiger partial charge in [0.15, 0.2) is 11.6 Å². The highest BCUT2D eigenvalue weighted by atomic mass is 19.2. The van der Waals surface area contributed by atoms with Crippen molar-refractivity contribution in [1.82, 2.24) is 15.6 Å². The average molecular weight is 568 g/mol. The Bertz CT molecular complexity index is 1440. The van der Waals surface area contributed by atoms with E-state index in [0.717, 1.165) is 17.2 Å². The molecule has 0 radical (unpaired) electrons. The molecule has 0 saturated carbocycles. The van der Waals surface area contributed by atoms with E-state index in [1.54, 1.807) is 13.0 Å². The number of carboxylic acid groups (broad SMARTS) is 1. The van der Waals surface area contributed by atoms with Crippen molar-refractivity contribution in [2.75, 3.05) is 7.11 Å². The molecule has 3 aromatic rings. The number of rotatable bonds is 11. The third-order valence-electron chi connectivity index (χ3n) is 6.66. The van der Waals surface area contributed by atoms with Gasteiger partial charge in [-0.1, -0.05) is 32.0 Å². The first-order chi connectivity index (χ1) is 19.3. The molecule has 0 aliphatic rings. The summed E-state index contributed by atoms with van der Waals surface area (Å²) in [5.41, 5.74) is 3.10. The van der Waals surface area contributed by atoms with E-state index in [1.165, 1.54) is 19.2 Å². The lowest BCUT2D eigenvalue weighted by Crippen LogP contribution is -2.48. The van der Waals surface area contributed by atoms with Gasteiger partial charge in [-0.15, -0.1) is 0 Å². The predicted molar refractivity (Wildman–Crippen MR) is 151 cm³/mol. The van der Waals surface area contributed by atoms with Crippen LogP contribution in [0.3, 0.4) is 0 Å². The molecule has 0 spiro atoms. The maximum absolute atomic E-state index is 15.2. The molecular weight excluding hydrogens is 532 g/mol. The molecule has 0 aliphatic heterocycles. The third-order valence-corrected chi connectivity index (χ3v) is 6.66. The number of nitrogens with one attached hydrogen (secondary N) is 2. The first-order valence-corrected chi connectivity index (χ1v) is 13.2. The number of aryl methyl sites for hydroxylation is 3. The normalized spacial score (nSPS) is 12.5. The van der Waals surface area contributed by atoms with E-state index in [-0.39, 0.29) is 29.3 Å².